The van der Waals surface area contributed by atoms with Crippen molar-refractivity contribution in [3.8, 4) is 11.3 Å². The Labute approximate surface area is 90.8 Å². The normalized spacial score (nSPS) is 10.3. The molecule has 0 saturated heterocycles. The zero-order valence-electron chi connectivity index (χ0n) is 6.57. The van der Waals surface area contributed by atoms with Crippen LogP contribution in [0.15, 0.2) is 34.0 Å². The molecule has 0 atom stereocenters. The summed E-state index contributed by atoms with van der Waals surface area (Å²) in [4.78, 5) is 4.97. The predicted octanol–water partition coefficient (Wildman–Crippen LogP) is 3.75. The third kappa shape index (κ3) is 1.73. The van der Waals surface area contributed by atoms with Crippen molar-refractivity contribution in [2.45, 2.75) is 4.90 Å². The molecule has 0 aliphatic rings. The van der Waals surface area contributed by atoms with Gasteiger partial charge < -0.3 is 0 Å². The molecule has 0 bridgehead atoms. The maximum Gasteiger partial charge on any atom is 0.0826 e. The second kappa shape index (κ2) is 3.70. The van der Waals surface area contributed by atoms with Gasteiger partial charge in [0.15, 0.2) is 0 Å². The predicted molar refractivity (Wildman–Crippen MR) is 59.8 cm³/mol. The van der Waals surface area contributed by atoms with E-state index in [1.807, 2.05) is 23.6 Å². The Morgan fingerprint density at radius 2 is 2.23 bits per heavy atom. The molecule has 2 rings (SSSR count). The molecule has 1 aromatic carbocycles. The van der Waals surface area contributed by atoms with Crippen molar-refractivity contribution < 1.29 is 0 Å². The Morgan fingerprint density at radius 3 is 2.92 bits per heavy atom. The van der Waals surface area contributed by atoms with E-state index in [4.69, 9.17) is 11.6 Å². The highest BCUT2D eigenvalue weighted by molar-refractivity contribution is 7.80. The Hall–Kier alpha value is -0.510. The summed E-state index contributed by atoms with van der Waals surface area (Å²) in [6, 6.07) is 5.72. The lowest BCUT2D eigenvalue weighted by Gasteiger charge is -2.02. The molecule has 0 aliphatic carbocycles. The van der Waals surface area contributed by atoms with Gasteiger partial charge in [-0.3, -0.25) is 0 Å². The average molecular weight is 228 g/mol. The van der Waals surface area contributed by atoms with Gasteiger partial charge in [-0.1, -0.05) is 23.7 Å². The molecule has 4 heteroatoms. The molecule has 0 unspecified atom stereocenters. The van der Waals surface area contributed by atoms with E-state index in [1.165, 1.54) is 0 Å². The lowest BCUT2D eigenvalue weighted by molar-refractivity contribution is 1.38. The van der Waals surface area contributed by atoms with Gasteiger partial charge in [-0.15, -0.1) is 24.0 Å². The number of halogens is 1. The first-order valence-electron chi connectivity index (χ1n) is 3.65. The first-order valence-corrected chi connectivity index (χ1v) is 5.42. The molecule has 13 heavy (non-hydrogen) atoms. The number of thiazole rings is 1. The second-order valence-corrected chi connectivity index (χ2v) is 4.09. The maximum absolute atomic E-state index is 6.07. The molecule has 1 nitrogen and oxygen atoms in total. The third-order valence-electron chi connectivity index (χ3n) is 1.69. The molecule has 2 aromatic rings. The molecular weight excluding hydrogens is 222 g/mol. The summed E-state index contributed by atoms with van der Waals surface area (Å²) in [6.07, 6.45) is 0. The molecule has 0 saturated carbocycles. The standard InChI is InChI=1S/C9H6ClNS2/c10-9-6(2-1-3-8(9)12)7-4-13-5-11-7/h1-5,12H. The van der Waals surface area contributed by atoms with Crippen molar-refractivity contribution in [3.63, 3.8) is 0 Å². The van der Waals surface area contributed by atoms with Crippen molar-refractivity contribution in [2.24, 2.45) is 0 Å². The summed E-state index contributed by atoms with van der Waals surface area (Å²) in [5, 5.41) is 2.63. The van der Waals surface area contributed by atoms with E-state index in [2.05, 4.69) is 17.6 Å². The van der Waals surface area contributed by atoms with Crippen LogP contribution in [0.4, 0.5) is 0 Å². The topological polar surface area (TPSA) is 12.9 Å². The van der Waals surface area contributed by atoms with Crippen LogP contribution in [0.3, 0.4) is 0 Å². The number of aromatic nitrogens is 1. The molecule has 0 aliphatic heterocycles. The van der Waals surface area contributed by atoms with Crippen molar-refractivity contribution in [2.75, 3.05) is 0 Å². The highest BCUT2D eigenvalue weighted by atomic mass is 35.5. The summed E-state index contributed by atoms with van der Waals surface area (Å²) in [6.45, 7) is 0. The second-order valence-electron chi connectivity index (χ2n) is 2.51. The fourth-order valence-corrected chi connectivity index (χ4v) is 2.04. The number of benzene rings is 1. The van der Waals surface area contributed by atoms with E-state index in [0.29, 0.717) is 5.02 Å². The van der Waals surface area contributed by atoms with Crippen LogP contribution in [-0.2, 0) is 0 Å². The van der Waals surface area contributed by atoms with Gasteiger partial charge in [-0.2, -0.15) is 0 Å². The Bertz CT molecular complexity index is 412. The average Bonchev–Trinajstić information content (AvgIpc) is 2.62. The maximum atomic E-state index is 6.07. The number of rotatable bonds is 1. The van der Waals surface area contributed by atoms with E-state index in [1.54, 1.807) is 16.8 Å². The van der Waals surface area contributed by atoms with E-state index < -0.39 is 0 Å². The Morgan fingerprint density at radius 1 is 1.38 bits per heavy atom. The van der Waals surface area contributed by atoms with Crippen LogP contribution in [-0.4, -0.2) is 4.98 Å². The van der Waals surface area contributed by atoms with Gasteiger partial charge >= 0.3 is 0 Å². The van der Waals surface area contributed by atoms with E-state index in [-0.39, 0.29) is 0 Å². The molecule has 66 valence electrons. The monoisotopic (exact) mass is 227 g/mol. The summed E-state index contributed by atoms with van der Waals surface area (Å²) < 4.78 is 0. The first kappa shape index (κ1) is 9.06. The third-order valence-corrected chi connectivity index (χ3v) is 3.18. The largest absolute Gasteiger partial charge is 0.245 e. The quantitative estimate of drug-likeness (QED) is 0.733. The van der Waals surface area contributed by atoms with Crippen LogP contribution in [0.2, 0.25) is 5.02 Å². The SMILES string of the molecule is Sc1cccc(-c2cscn2)c1Cl. The van der Waals surface area contributed by atoms with E-state index >= 15 is 0 Å². The number of nitrogens with zero attached hydrogens (tertiary/aromatic N) is 1. The minimum atomic E-state index is 0.664. The molecule has 1 aromatic heterocycles. The van der Waals surface area contributed by atoms with Crippen LogP contribution in [0.1, 0.15) is 0 Å². The minimum Gasteiger partial charge on any atom is -0.245 e. The molecule has 0 fully saturated rings. The molecule has 0 N–H and O–H groups in total. The Kier molecular flexibility index (Phi) is 2.58. The van der Waals surface area contributed by atoms with E-state index in [9.17, 15) is 0 Å². The van der Waals surface area contributed by atoms with Crippen molar-refractivity contribution in [1.82, 2.24) is 4.98 Å². The molecule has 0 radical (unpaired) electrons. The molecule has 0 amide bonds. The number of thiol groups is 1. The summed E-state index contributed by atoms with van der Waals surface area (Å²) in [7, 11) is 0. The lowest BCUT2D eigenvalue weighted by atomic mass is 10.2. The number of hydrogen-bond donors (Lipinski definition) is 1. The summed E-state index contributed by atoms with van der Waals surface area (Å²) >= 11 is 11.9. The van der Waals surface area contributed by atoms with Crippen molar-refractivity contribution >= 4 is 35.6 Å². The van der Waals surface area contributed by atoms with Gasteiger partial charge in [-0.05, 0) is 6.07 Å². The van der Waals surface area contributed by atoms with Gasteiger partial charge in [-0.25, -0.2) is 4.98 Å². The van der Waals surface area contributed by atoms with Crippen LogP contribution < -0.4 is 0 Å². The minimum absolute atomic E-state index is 0.664. The van der Waals surface area contributed by atoms with Crippen LogP contribution in [0.5, 0.6) is 0 Å². The van der Waals surface area contributed by atoms with Gasteiger partial charge in [0.2, 0.25) is 0 Å². The van der Waals surface area contributed by atoms with Crippen LogP contribution in [0.25, 0.3) is 11.3 Å². The lowest BCUT2D eigenvalue weighted by Crippen LogP contribution is -1.79. The van der Waals surface area contributed by atoms with E-state index in [0.717, 1.165) is 16.2 Å². The molecule has 0 spiro atoms. The molecule has 1 heterocycles. The summed E-state index contributed by atoms with van der Waals surface area (Å²) in [5.74, 6) is 0. The molecular formula is C9H6ClNS2. The fourth-order valence-electron chi connectivity index (χ4n) is 1.06. The van der Waals surface area contributed by atoms with Gasteiger partial charge in [0.1, 0.15) is 0 Å². The Balaban J connectivity index is 2.59. The zero-order chi connectivity index (χ0) is 9.26. The van der Waals surface area contributed by atoms with Gasteiger partial charge in [0.25, 0.3) is 0 Å². The summed E-state index contributed by atoms with van der Waals surface area (Å²) in [5.41, 5.74) is 3.64. The van der Waals surface area contributed by atoms with Crippen LogP contribution in [0, 0.1) is 0 Å². The zero-order valence-corrected chi connectivity index (χ0v) is 9.03. The fraction of sp³-hybridized carbons (Fsp3) is 0. The van der Waals surface area contributed by atoms with Gasteiger partial charge in [0.05, 0.1) is 16.2 Å². The van der Waals surface area contributed by atoms with Crippen LogP contribution >= 0.6 is 35.6 Å². The van der Waals surface area contributed by atoms with Crippen molar-refractivity contribution in [3.05, 3.63) is 34.1 Å². The smallest absolute Gasteiger partial charge is 0.0826 e. The first-order chi connectivity index (χ1) is 6.29. The van der Waals surface area contributed by atoms with Crippen molar-refractivity contribution in [1.29, 1.82) is 0 Å². The number of hydrogen-bond acceptors (Lipinski definition) is 3. The highest BCUT2D eigenvalue weighted by Gasteiger charge is 2.06. The van der Waals surface area contributed by atoms with Gasteiger partial charge in [0, 0.05) is 15.8 Å². The highest BCUT2D eigenvalue weighted by Crippen LogP contribution is 2.31.